The van der Waals surface area contributed by atoms with Crippen molar-refractivity contribution in [2.75, 3.05) is 26.2 Å². The number of H-pyrrole nitrogens is 1. The number of aliphatic hydroxyl groups excluding tert-OH is 1. The van der Waals surface area contributed by atoms with E-state index in [2.05, 4.69) is 15.2 Å². The number of aromatic amines is 1. The minimum atomic E-state index is -0.283. The number of carbonyl (C=O) groups excluding carboxylic acids is 1. The summed E-state index contributed by atoms with van der Waals surface area (Å²) in [6.45, 7) is 2.35. The first-order chi connectivity index (χ1) is 9.70. The molecule has 6 nitrogen and oxygen atoms in total. The number of aliphatic hydroxyl groups is 1. The topological polar surface area (TPSA) is 85.4 Å². The summed E-state index contributed by atoms with van der Waals surface area (Å²) in [4.78, 5) is 27.7. The molecule has 1 amide bonds. The normalized spacial score (nSPS) is 19.8. The zero-order chi connectivity index (χ0) is 14.4. The summed E-state index contributed by atoms with van der Waals surface area (Å²) in [7, 11) is 0. The Hall–Kier alpha value is -1.66. The lowest BCUT2D eigenvalue weighted by molar-refractivity contribution is 0.0846. The van der Waals surface area contributed by atoms with Gasteiger partial charge in [-0.3, -0.25) is 14.5 Å². The molecule has 1 atom stereocenters. The molecule has 1 unspecified atom stereocenters. The van der Waals surface area contributed by atoms with Crippen molar-refractivity contribution in [3.8, 4) is 0 Å². The molecule has 110 valence electrons. The van der Waals surface area contributed by atoms with Crippen LogP contribution in [0, 0.1) is 0 Å². The summed E-state index contributed by atoms with van der Waals surface area (Å²) in [6.07, 6.45) is 3.30. The predicted molar refractivity (Wildman–Crippen MR) is 75.7 cm³/mol. The minimum absolute atomic E-state index is 0.167. The summed E-state index contributed by atoms with van der Waals surface area (Å²) in [6, 6.07) is 4.71. The van der Waals surface area contributed by atoms with Gasteiger partial charge < -0.3 is 15.4 Å². The molecule has 1 aromatic heterocycles. The molecule has 0 aliphatic carbocycles. The summed E-state index contributed by atoms with van der Waals surface area (Å²) in [5, 5.41) is 12.1. The molecule has 1 saturated heterocycles. The van der Waals surface area contributed by atoms with Crippen LogP contribution in [-0.4, -0.2) is 53.2 Å². The number of amides is 1. The van der Waals surface area contributed by atoms with Crippen molar-refractivity contribution in [3.63, 3.8) is 0 Å². The molecule has 20 heavy (non-hydrogen) atoms. The van der Waals surface area contributed by atoms with Gasteiger partial charge in [0.05, 0.1) is 6.61 Å². The van der Waals surface area contributed by atoms with Crippen molar-refractivity contribution < 1.29 is 9.90 Å². The van der Waals surface area contributed by atoms with Crippen molar-refractivity contribution in [2.24, 2.45) is 0 Å². The Morgan fingerprint density at radius 1 is 1.45 bits per heavy atom. The molecule has 1 aliphatic heterocycles. The van der Waals surface area contributed by atoms with Gasteiger partial charge in [0, 0.05) is 25.2 Å². The highest BCUT2D eigenvalue weighted by atomic mass is 16.3. The van der Waals surface area contributed by atoms with Crippen molar-refractivity contribution in [1.29, 1.82) is 0 Å². The predicted octanol–water partition coefficient (Wildman–Crippen LogP) is -0.0485. The van der Waals surface area contributed by atoms with Gasteiger partial charge in [-0.1, -0.05) is 12.5 Å². The van der Waals surface area contributed by atoms with E-state index in [4.69, 9.17) is 0 Å². The van der Waals surface area contributed by atoms with Gasteiger partial charge in [0.15, 0.2) is 0 Å². The van der Waals surface area contributed by atoms with E-state index in [0.29, 0.717) is 13.1 Å². The van der Waals surface area contributed by atoms with Gasteiger partial charge >= 0.3 is 0 Å². The minimum Gasteiger partial charge on any atom is -0.395 e. The van der Waals surface area contributed by atoms with Crippen molar-refractivity contribution >= 4 is 5.91 Å². The number of hydrogen-bond donors (Lipinski definition) is 3. The van der Waals surface area contributed by atoms with Gasteiger partial charge in [-0.2, -0.15) is 0 Å². The molecular weight excluding hydrogens is 258 g/mol. The van der Waals surface area contributed by atoms with Crippen molar-refractivity contribution in [2.45, 2.75) is 25.3 Å². The van der Waals surface area contributed by atoms with Crippen LogP contribution in [-0.2, 0) is 0 Å². The monoisotopic (exact) mass is 279 g/mol. The van der Waals surface area contributed by atoms with E-state index in [1.165, 1.54) is 6.07 Å². The van der Waals surface area contributed by atoms with Gasteiger partial charge in [0.1, 0.15) is 5.69 Å². The molecule has 0 bridgehead atoms. The van der Waals surface area contributed by atoms with E-state index in [0.717, 1.165) is 25.8 Å². The van der Waals surface area contributed by atoms with Crippen LogP contribution >= 0.6 is 0 Å². The van der Waals surface area contributed by atoms with Gasteiger partial charge in [-0.15, -0.1) is 0 Å². The number of carbonyl (C=O) groups is 1. The lowest BCUT2D eigenvalue weighted by Crippen LogP contribution is -2.45. The summed E-state index contributed by atoms with van der Waals surface area (Å²) in [5.74, 6) is -0.278. The number of nitrogens with one attached hydrogen (secondary N) is 2. The van der Waals surface area contributed by atoms with E-state index < -0.39 is 0 Å². The van der Waals surface area contributed by atoms with Crippen molar-refractivity contribution in [3.05, 3.63) is 34.2 Å². The highest BCUT2D eigenvalue weighted by molar-refractivity contribution is 5.92. The smallest absolute Gasteiger partial charge is 0.267 e. The standard InChI is InChI=1S/C14H21N3O3/c18-10-11-4-1-2-8-17(11)9-7-15-14(20)12-5-3-6-13(19)16-12/h3,5-6,11,18H,1-2,4,7-10H2,(H,15,20)(H,16,19). The SMILES string of the molecule is O=C(NCCN1CCCCC1CO)c1cccc(=O)[nH]1. The van der Waals surface area contributed by atoms with E-state index in [9.17, 15) is 14.7 Å². The molecule has 6 heteroatoms. The Morgan fingerprint density at radius 2 is 2.30 bits per heavy atom. The summed E-state index contributed by atoms with van der Waals surface area (Å²) in [5.41, 5.74) is -0.0103. The Labute approximate surface area is 117 Å². The lowest BCUT2D eigenvalue weighted by Gasteiger charge is -2.34. The van der Waals surface area contributed by atoms with Gasteiger partial charge in [-0.25, -0.2) is 0 Å². The number of nitrogens with zero attached hydrogens (tertiary/aromatic N) is 1. The third-order valence-corrected chi connectivity index (χ3v) is 3.66. The van der Waals surface area contributed by atoms with Crippen LogP contribution in [0.5, 0.6) is 0 Å². The number of pyridine rings is 1. The maximum Gasteiger partial charge on any atom is 0.267 e. The largest absolute Gasteiger partial charge is 0.395 e. The van der Waals surface area contributed by atoms with Gasteiger partial charge in [0.2, 0.25) is 5.56 Å². The Kier molecular flexibility index (Phi) is 5.31. The molecule has 1 fully saturated rings. The average molecular weight is 279 g/mol. The first kappa shape index (κ1) is 14.7. The average Bonchev–Trinajstić information content (AvgIpc) is 2.47. The van der Waals surface area contributed by atoms with Crippen LogP contribution in [0.25, 0.3) is 0 Å². The Bertz CT molecular complexity index is 500. The number of hydrogen-bond acceptors (Lipinski definition) is 4. The second kappa shape index (κ2) is 7.21. The molecule has 1 aliphatic rings. The van der Waals surface area contributed by atoms with E-state index in [1.54, 1.807) is 12.1 Å². The zero-order valence-electron chi connectivity index (χ0n) is 11.5. The fourth-order valence-corrected chi connectivity index (χ4v) is 2.55. The fraction of sp³-hybridized carbons (Fsp3) is 0.571. The van der Waals surface area contributed by atoms with Crippen LogP contribution in [0.4, 0.5) is 0 Å². The van der Waals surface area contributed by atoms with Gasteiger partial charge in [0.25, 0.3) is 5.91 Å². The van der Waals surface area contributed by atoms with E-state index >= 15 is 0 Å². The van der Waals surface area contributed by atoms with E-state index in [1.807, 2.05) is 0 Å². The van der Waals surface area contributed by atoms with Gasteiger partial charge in [-0.05, 0) is 25.5 Å². The number of aromatic nitrogens is 1. The Balaban J connectivity index is 1.80. The molecule has 0 aromatic carbocycles. The van der Waals surface area contributed by atoms with Crippen LogP contribution in [0.15, 0.2) is 23.0 Å². The molecule has 3 N–H and O–H groups in total. The second-order valence-corrected chi connectivity index (χ2v) is 5.05. The fourth-order valence-electron chi connectivity index (χ4n) is 2.55. The highest BCUT2D eigenvalue weighted by Gasteiger charge is 2.21. The van der Waals surface area contributed by atoms with Crippen molar-refractivity contribution in [1.82, 2.24) is 15.2 Å². The first-order valence-electron chi connectivity index (χ1n) is 7.03. The van der Waals surface area contributed by atoms with Crippen LogP contribution in [0.3, 0.4) is 0 Å². The summed E-state index contributed by atoms with van der Waals surface area (Å²) < 4.78 is 0. The second-order valence-electron chi connectivity index (χ2n) is 5.05. The lowest BCUT2D eigenvalue weighted by atomic mass is 10.0. The first-order valence-corrected chi connectivity index (χ1v) is 7.03. The number of likely N-dealkylation sites (tertiary alicyclic amines) is 1. The zero-order valence-corrected chi connectivity index (χ0v) is 11.5. The highest BCUT2D eigenvalue weighted by Crippen LogP contribution is 2.15. The van der Waals surface area contributed by atoms with Crippen LogP contribution in [0.2, 0.25) is 0 Å². The van der Waals surface area contributed by atoms with E-state index in [-0.39, 0.29) is 29.8 Å². The summed E-state index contributed by atoms with van der Waals surface area (Å²) >= 11 is 0. The molecular formula is C14H21N3O3. The molecule has 1 aromatic rings. The maximum absolute atomic E-state index is 11.8. The number of rotatable bonds is 5. The molecule has 2 rings (SSSR count). The molecule has 0 spiro atoms. The number of piperidine rings is 1. The maximum atomic E-state index is 11.8. The Morgan fingerprint density at radius 3 is 3.05 bits per heavy atom. The quantitative estimate of drug-likeness (QED) is 0.705. The third kappa shape index (κ3) is 3.91. The van der Waals surface area contributed by atoms with Crippen LogP contribution in [0.1, 0.15) is 29.8 Å². The molecule has 0 radical (unpaired) electrons. The molecule has 2 heterocycles. The van der Waals surface area contributed by atoms with Crippen LogP contribution < -0.4 is 10.9 Å². The third-order valence-electron chi connectivity index (χ3n) is 3.66. The molecule has 0 saturated carbocycles.